The molecular weight excluding hydrogens is 358 g/mol. The van der Waals surface area contributed by atoms with Crippen LogP contribution in [0, 0.1) is 6.92 Å². The number of benzene rings is 3. The molecule has 0 fully saturated rings. The summed E-state index contributed by atoms with van der Waals surface area (Å²) in [6.45, 7) is 6.87. The number of ether oxygens (including phenoxy) is 1. The van der Waals surface area contributed by atoms with Crippen molar-refractivity contribution in [2.75, 3.05) is 0 Å². The molecule has 3 aromatic carbocycles. The summed E-state index contributed by atoms with van der Waals surface area (Å²) in [5.41, 5.74) is 4.19. The van der Waals surface area contributed by atoms with Crippen molar-refractivity contribution in [3.05, 3.63) is 120 Å². The second kappa shape index (κ2) is 10.4. The van der Waals surface area contributed by atoms with E-state index in [4.69, 9.17) is 4.74 Å². The normalized spacial score (nSPS) is 12.7. The minimum absolute atomic E-state index is 0.0735. The highest BCUT2D eigenvalue weighted by molar-refractivity contribution is 5.84. The topological polar surface area (TPSA) is 38.3 Å². The van der Waals surface area contributed by atoms with Crippen molar-refractivity contribution in [1.82, 2.24) is 5.32 Å². The van der Waals surface area contributed by atoms with Crippen LogP contribution in [-0.4, -0.2) is 12.0 Å². The van der Waals surface area contributed by atoms with Crippen molar-refractivity contribution in [3.8, 4) is 0 Å². The first-order valence-corrected chi connectivity index (χ1v) is 9.83. The average molecular weight is 386 g/mol. The predicted octanol–water partition coefficient (Wildman–Crippen LogP) is 5.17. The Morgan fingerprint density at radius 2 is 1.52 bits per heavy atom. The Labute approximate surface area is 173 Å². The van der Waals surface area contributed by atoms with Crippen molar-refractivity contribution >= 4 is 5.91 Å². The van der Waals surface area contributed by atoms with Crippen molar-refractivity contribution in [2.45, 2.75) is 32.1 Å². The van der Waals surface area contributed by atoms with E-state index in [2.05, 4.69) is 11.9 Å². The van der Waals surface area contributed by atoms with Crippen LogP contribution >= 0.6 is 0 Å². The summed E-state index contributed by atoms with van der Waals surface area (Å²) >= 11 is 0. The van der Waals surface area contributed by atoms with Gasteiger partial charge in [0.15, 0.2) is 0 Å². The van der Waals surface area contributed by atoms with Crippen LogP contribution in [0.25, 0.3) is 0 Å². The minimum atomic E-state index is -0.472. The Hall–Kier alpha value is -3.17. The molecule has 1 amide bonds. The van der Waals surface area contributed by atoms with Gasteiger partial charge in [-0.25, -0.2) is 0 Å². The third-order valence-corrected chi connectivity index (χ3v) is 4.87. The van der Waals surface area contributed by atoms with E-state index in [1.165, 1.54) is 0 Å². The smallest absolute Gasteiger partial charge is 0.230 e. The van der Waals surface area contributed by atoms with Gasteiger partial charge in [0, 0.05) is 6.54 Å². The van der Waals surface area contributed by atoms with Crippen LogP contribution in [-0.2, 0) is 22.7 Å². The molecular formula is C26H27NO2. The lowest BCUT2D eigenvalue weighted by molar-refractivity contribution is -0.125. The molecule has 3 nitrogen and oxygen atoms in total. The summed E-state index contributed by atoms with van der Waals surface area (Å²) < 4.78 is 6.12. The van der Waals surface area contributed by atoms with Crippen molar-refractivity contribution in [3.63, 3.8) is 0 Å². The molecule has 0 spiro atoms. The zero-order chi connectivity index (χ0) is 20.5. The quantitative estimate of drug-likeness (QED) is 0.516. The number of carbonyl (C=O) groups is 1. The fraction of sp³-hybridized carbons (Fsp3) is 0.192. The standard InChI is InChI=1S/C26H27NO2/c1-3-24(29-19-22-12-8-5-9-13-22)25(23-16-14-20(2)15-17-23)26(28)27-18-21-10-6-4-7-11-21/h3-17,24-25H,1,18-19H2,2H3,(H,27,28)/t24-,25+/m0/s1. The third kappa shape index (κ3) is 5.90. The molecule has 3 aromatic rings. The second-order valence-corrected chi connectivity index (χ2v) is 7.09. The molecule has 0 saturated carbocycles. The van der Waals surface area contributed by atoms with E-state index < -0.39 is 12.0 Å². The van der Waals surface area contributed by atoms with E-state index in [9.17, 15) is 4.79 Å². The van der Waals surface area contributed by atoms with Crippen LogP contribution in [0.4, 0.5) is 0 Å². The van der Waals surface area contributed by atoms with Gasteiger partial charge in [0.1, 0.15) is 0 Å². The molecule has 0 aliphatic carbocycles. The second-order valence-electron chi connectivity index (χ2n) is 7.09. The van der Waals surface area contributed by atoms with Gasteiger partial charge in [0.2, 0.25) is 5.91 Å². The van der Waals surface area contributed by atoms with Gasteiger partial charge in [-0.3, -0.25) is 4.79 Å². The molecule has 0 radical (unpaired) electrons. The maximum absolute atomic E-state index is 13.2. The number of nitrogens with one attached hydrogen (secondary N) is 1. The maximum atomic E-state index is 13.2. The fourth-order valence-corrected chi connectivity index (χ4v) is 3.23. The monoisotopic (exact) mass is 385 g/mol. The number of rotatable bonds is 9. The van der Waals surface area contributed by atoms with Gasteiger partial charge >= 0.3 is 0 Å². The summed E-state index contributed by atoms with van der Waals surface area (Å²) in [6, 6.07) is 27.9. The Bertz CT molecular complexity index is 904. The van der Waals surface area contributed by atoms with Crippen LogP contribution in [0.15, 0.2) is 97.6 Å². The van der Waals surface area contributed by atoms with Gasteiger partial charge in [-0.15, -0.1) is 6.58 Å². The summed E-state index contributed by atoms with van der Waals surface area (Å²) in [5, 5.41) is 3.06. The predicted molar refractivity (Wildman–Crippen MR) is 117 cm³/mol. The summed E-state index contributed by atoms with van der Waals surface area (Å²) in [7, 11) is 0. The molecule has 0 unspecified atom stereocenters. The van der Waals surface area contributed by atoms with Crippen LogP contribution in [0.5, 0.6) is 0 Å². The lowest BCUT2D eigenvalue weighted by Crippen LogP contribution is -2.36. The summed E-state index contributed by atoms with van der Waals surface area (Å²) in [5.74, 6) is -0.545. The van der Waals surface area contributed by atoms with Crippen LogP contribution in [0.1, 0.15) is 28.2 Å². The third-order valence-electron chi connectivity index (χ3n) is 4.87. The lowest BCUT2D eigenvalue weighted by Gasteiger charge is -2.25. The summed E-state index contributed by atoms with van der Waals surface area (Å²) in [4.78, 5) is 13.2. The molecule has 0 bridgehead atoms. The van der Waals surface area contributed by atoms with E-state index in [0.717, 1.165) is 22.3 Å². The van der Waals surface area contributed by atoms with Crippen LogP contribution in [0.3, 0.4) is 0 Å². The average Bonchev–Trinajstić information content (AvgIpc) is 2.77. The lowest BCUT2D eigenvalue weighted by atomic mass is 9.91. The van der Waals surface area contributed by atoms with E-state index >= 15 is 0 Å². The number of aryl methyl sites for hydroxylation is 1. The fourth-order valence-electron chi connectivity index (χ4n) is 3.23. The zero-order valence-electron chi connectivity index (χ0n) is 16.8. The molecule has 148 valence electrons. The zero-order valence-corrected chi connectivity index (χ0v) is 16.8. The highest BCUT2D eigenvalue weighted by Crippen LogP contribution is 2.25. The first kappa shape index (κ1) is 20.6. The van der Waals surface area contributed by atoms with E-state index in [1.807, 2.05) is 91.9 Å². The highest BCUT2D eigenvalue weighted by Gasteiger charge is 2.29. The van der Waals surface area contributed by atoms with Gasteiger partial charge < -0.3 is 10.1 Å². The number of amides is 1. The van der Waals surface area contributed by atoms with E-state index in [-0.39, 0.29) is 5.91 Å². The summed E-state index contributed by atoms with van der Waals surface area (Å²) in [6.07, 6.45) is 1.28. The number of hydrogen-bond donors (Lipinski definition) is 1. The van der Waals surface area contributed by atoms with Gasteiger partial charge in [-0.1, -0.05) is 96.6 Å². The molecule has 0 aliphatic rings. The highest BCUT2D eigenvalue weighted by atomic mass is 16.5. The molecule has 0 aromatic heterocycles. The Morgan fingerprint density at radius 3 is 2.10 bits per heavy atom. The molecule has 29 heavy (non-hydrogen) atoms. The molecule has 3 heteroatoms. The van der Waals surface area contributed by atoms with Crippen LogP contribution < -0.4 is 5.32 Å². The van der Waals surface area contributed by atoms with Gasteiger partial charge in [-0.2, -0.15) is 0 Å². The first-order chi connectivity index (χ1) is 14.2. The Morgan fingerprint density at radius 1 is 0.931 bits per heavy atom. The van der Waals surface area contributed by atoms with Gasteiger partial charge in [-0.05, 0) is 23.6 Å². The van der Waals surface area contributed by atoms with Crippen molar-refractivity contribution in [1.29, 1.82) is 0 Å². The Kier molecular flexibility index (Phi) is 7.37. The van der Waals surface area contributed by atoms with E-state index in [1.54, 1.807) is 6.08 Å². The molecule has 0 saturated heterocycles. The van der Waals surface area contributed by atoms with Gasteiger partial charge in [0.05, 0.1) is 18.6 Å². The molecule has 2 atom stereocenters. The maximum Gasteiger partial charge on any atom is 0.230 e. The number of hydrogen-bond acceptors (Lipinski definition) is 2. The molecule has 0 aliphatic heterocycles. The van der Waals surface area contributed by atoms with Crippen molar-refractivity contribution < 1.29 is 9.53 Å². The molecule has 1 N–H and O–H groups in total. The van der Waals surface area contributed by atoms with Crippen molar-refractivity contribution in [2.24, 2.45) is 0 Å². The largest absolute Gasteiger partial charge is 0.368 e. The first-order valence-electron chi connectivity index (χ1n) is 9.83. The van der Waals surface area contributed by atoms with Gasteiger partial charge in [0.25, 0.3) is 0 Å². The SMILES string of the molecule is C=C[C@H](OCc1ccccc1)[C@H](C(=O)NCc1ccccc1)c1ccc(C)cc1. The minimum Gasteiger partial charge on any atom is -0.368 e. The number of carbonyl (C=O) groups excluding carboxylic acids is 1. The molecule has 3 rings (SSSR count). The Balaban J connectivity index is 1.77. The van der Waals surface area contributed by atoms with E-state index in [0.29, 0.717) is 13.2 Å². The molecule has 0 heterocycles. The van der Waals surface area contributed by atoms with Crippen LogP contribution in [0.2, 0.25) is 0 Å².